The van der Waals surface area contributed by atoms with Crippen LogP contribution in [-0.4, -0.2) is 43.4 Å². The van der Waals surface area contributed by atoms with Crippen LogP contribution in [0.4, 0.5) is 0 Å². The normalized spacial score (nSPS) is 11.6. The SMILES string of the molecule is CCCCCCCCCCCC(=O)CCCC[N+](C)(C)CC(=O)[O-]. The number of carboxylic acids is 1. The molecule has 0 N–H and O–H groups in total. The average Bonchev–Trinajstić information content (AvgIpc) is 2.48. The lowest BCUT2D eigenvalue weighted by Gasteiger charge is -2.30. The van der Waals surface area contributed by atoms with Crippen molar-refractivity contribution in [2.24, 2.45) is 0 Å². The minimum absolute atomic E-state index is 0.0341. The van der Waals surface area contributed by atoms with Gasteiger partial charge in [-0.15, -0.1) is 0 Å². The summed E-state index contributed by atoms with van der Waals surface area (Å²) in [5, 5.41) is 10.6. The first kappa shape index (κ1) is 23.1. The number of carbonyl (C=O) groups excluding carboxylic acids is 2. The Hall–Kier alpha value is -0.900. The first-order valence-corrected chi connectivity index (χ1v) is 9.91. The molecule has 0 bridgehead atoms. The van der Waals surface area contributed by atoms with Crippen LogP contribution in [-0.2, 0) is 9.59 Å². The Morgan fingerprint density at radius 2 is 1.21 bits per heavy atom. The fourth-order valence-corrected chi connectivity index (χ4v) is 3.05. The van der Waals surface area contributed by atoms with Crippen molar-refractivity contribution in [3.63, 3.8) is 0 Å². The first-order chi connectivity index (χ1) is 11.4. The zero-order valence-electron chi connectivity index (χ0n) is 16.3. The third kappa shape index (κ3) is 16.0. The van der Waals surface area contributed by atoms with Gasteiger partial charge in [-0.3, -0.25) is 4.79 Å². The highest BCUT2D eigenvalue weighted by atomic mass is 16.4. The molecule has 0 amide bonds. The maximum absolute atomic E-state index is 11.8. The number of carbonyl (C=O) groups is 2. The Kier molecular flexibility index (Phi) is 13.9. The van der Waals surface area contributed by atoms with Gasteiger partial charge in [0.15, 0.2) is 0 Å². The number of carboxylic acid groups (broad SMARTS) is 1. The quantitative estimate of drug-likeness (QED) is 0.301. The Labute approximate surface area is 149 Å². The van der Waals surface area contributed by atoms with E-state index in [1.165, 1.54) is 51.4 Å². The minimum atomic E-state index is -1.01. The zero-order valence-corrected chi connectivity index (χ0v) is 16.3. The third-order valence-corrected chi connectivity index (χ3v) is 4.59. The Morgan fingerprint density at radius 3 is 1.71 bits per heavy atom. The number of hydrogen-bond acceptors (Lipinski definition) is 3. The number of ketones is 1. The molecule has 0 saturated carbocycles. The van der Waals surface area contributed by atoms with Gasteiger partial charge in [0.2, 0.25) is 0 Å². The van der Waals surface area contributed by atoms with Crippen molar-refractivity contribution in [2.75, 3.05) is 27.2 Å². The van der Waals surface area contributed by atoms with Crippen LogP contribution in [0.1, 0.15) is 90.4 Å². The van der Waals surface area contributed by atoms with Crippen molar-refractivity contribution in [1.82, 2.24) is 0 Å². The lowest BCUT2D eigenvalue weighted by atomic mass is 10.0. The Bertz CT molecular complexity index is 340. The van der Waals surface area contributed by atoms with Crippen molar-refractivity contribution in [3.8, 4) is 0 Å². The van der Waals surface area contributed by atoms with Crippen LogP contribution in [0.5, 0.6) is 0 Å². The molecule has 4 nitrogen and oxygen atoms in total. The summed E-state index contributed by atoms with van der Waals surface area (Å²) in [5.74, 6) is -0.649. The van der Waals surface area contributed by atoms with E-state index in [0.717, 1.165) is 25.8 Å². The summed E-state index contributed by atoms with van der Waals surface area (Å²) in [6.07, 6.45) is 14.6. The van der Waals surface area contributed by atoms with Crippen LogP contribution in [0.3, 0.4) is 0 Å². The average molecular weight is 342 g/mol. The maximum atomic E-state index is 11.8. The maximum Gasteiger partial charge on any atom is 0.132 e. The zero-order chi connectivity index (χ0) is 18.3. The number of nitrogens with zero attached hydrogens (tertiary/aromatic N) is 1. The second-order valence-electron chi connectivity index (χ2n) is 7.76. The van der Waals surface area contributed by atoms with Gasteiger partial charge in [0.1, 0.15) is 12.3 Å². The molecule has 0 aliphatic heterocycles. The van der Waals surface area contributed by atoms with E-state index < -0.39 is 5.97 Å². The molecule has 0 radical (unpaired) electrons. The predicted octanol–water partition coefficient (Wildman–Crippen LogP) is 3.47. The van der Waals surface area contributed by atoms with E-state index in [4.69, 9.17) is 0 Å². The van der Waals surface area contributed by atoms with E-state index in [1.54, 1.807) is 0 Å². The van der Waals surface area contributed by atoms with Crippen molar-refractivity contribution in [2.45, 2.75) is 90.4 Å². The van der Waals surface area contributed by atoms with Gasteiger partial charge in [-0.1, -0.05) is 58.3 Å². The van der Waals surface area contributed by atoms with E-state index in [9.17, 15) is 14.7 Å². The van der Waals surface area contributed by atoms with Crippen molar-refractivity contribution in [3.05, 3.63) is 0 Å². The predicted molar refractivity (Wildman–Crippen MR) is 97.6 cm³/mol. The van der Waals surface area contributed by atoms with Crippen LogP contribution < -0.4 is 5.11 Å². The minimum Gasteiger partial charge on any atom is -0.544 e. The summed E-state index contributed by atoms with van der Waals surface area (Å²) in [7, 11) is 3.78. The molecule has 4 heteroatoms. The van der Waals surface area contributed by atoms with Crippen LogP contribution in [0, 0.1) is 0 Å². The van der Waals surface area contributed by atoms with E-state index in [0.29, 0.717) is 23.1 Å². The number of likely N-dealkylation sites (N-methyl/N-ethyl adjacent to an activating group) is 1. The van der Waals surface area contributed by atoms with Crippen molar-refractivity contribution >= 4 is 11.8 Å². The Morgan fingerprint density at radius 1 is 0.750 bits per heavy atom. The van der Waals surface area contributed by atoms with Crippen LogP contribution in [0.25, 0.3) is 0 Å². The summed E-state index contributed by atoms with van der Waals surface area (Å²) < 4.78 is 0.425. The van der Waals surface area contributed by atoms with Gasteiger partial charge in [0.25, 0.3) is 0 Å². The number of unbranched alkanes of at least 4 members (excludes halogenated alkanes) is 9. The fourth-order valence-electron chi connectivity index (χ4n) is 3.05. The molecule has 0 spiro atoms. The van der Waals surface area contributed by atoms with Gasteiger partial charge in [-0.25, -0.2) is 0 Å². The highest BCUT2D eigenvalue weighted by molar-refractivity contribution is 5.78. The van der Waals surface area contributed by atoms with Gasteiger partial charge < -0.3 is 14.4 Å². The lowest BCUT2D eigenvalue weighted by molar-refractivity contribution is -0.885. The number of aliphatic carboxylic acids is 1. The van der Waals surface area contributed by atoms with Crippen molar-refractivity contribution < 1.29 is 19.2 Å². The summed E-state index contributed by atoms with van der Waals surface area (Å²) in [4.78, 5) is 22.5. The second-order valence-corrected chi connectivity index (χ2v) is 7.76. The molecule has 24 heavy (non-hydrogen) atoms. The number of rotatable bonds is 17. The number of hydrogen-bond donors (Lipinski definition) is 0. The number of quaternary nitrogens is 1. The molecule has 0 fully saturated rings. The largest absolute Gasteiger partial charge is 0.544 e. The molecule has 0 aliphatic carbocycles. The van der Waals surface area contributed by atoms with Crippen LogP contribution >= 0.6 is 0 Å². The highest BCUT2D eigenvalue weighted by Gasteiger charge is 2.14. The Balaban J connectivity index is 3.43. The van der Waals surface area contributed by atoms with Gasteiger partial charge >= 0.3 is 0 Å². The fraction of sp³-hybridized carbons (Fsp3) is 0.900. The molecule has 0 aromatic rings. The van der Waals surface area contributed by atoms with Gasteiger partial charge in [0.05, 0.1) is 26.6 Å². The molecular formula is C20H39NO3. The second kappa shape index (κ2) is 14.4. The third-order valence-electron chi connectivity index (χ3n) is 4.59. The van der Waals surface area contributed by atoms with Gasteiger partial charge in [0, 0.05) is 12.8 Å². The molecule has 0 rings (SSSR count). The topological polar surface area (TPSA) is 57.2 Å². The molecular weight excluding hydrogens is 302 g/mol. The van der Waals surface area contributed by atoms with Gasteiger partial charge in [-0.05, 0) is 19.3 Å². The van der Waals surface area contributed by atoms with E-state index >= 15 is 0 Å². The molecule has 0 heterocycles. The molecule has 0 saturated heterocycles. The summed E-state index contributed by atoms with van der Waals surface area (Å²) in [5.41, 5.74) is 0. The van der Waals surface area contributed by atoms with Crippen LogP contribution in [0.2, 0.25) is 0 Å². The smallest absolute Gasteiger partial charge is 0.132 e. The first-order valence-electron chi connectivity index (χ1n) is 9.91. The van der Waals surface area contributed by atoms with Crippen LogP contribution in [0.15, 0.2) is 0 Å². The monoisotopic (exact) mass is 341 g/mol. The molecule has 142 valence electrons. The standard InChI is InChI=1S/C20H39NO3/c1-4-5-6-7-8-9-10-11-12-15-19(22)16-13-14-17-21(2,3)18-20(23)24/h4-18H2,1-3H3. The van der Waals surface area contributed by atoms with E-state index in [-0.39, 0.29) is 6.54 Å². The summed E-state index contributed by atoms with van der Waals surface area (Å²) in [6.45, 7) is 3.05. The molecule has 0 unspecified atom stereocenters. The van der Waals surface area contributed by atoms with E-state index in [2.05, 4.69) is 6.92 Å². The van der Waals surface area contributed by atoms with Crippen molar-refractivity contribution in [1.29, 1.82) is 0 Å². The molecule has 0 aromatic carbocycles. The lowest BCUT2D eigenvalue weighted by Crippen LogP contribution is -2.48. The van der Waals surface area contributed by atoms with E-state index in [1.807, 2.05) is 14.1 Å². The van der Waals surface area contributed by atoms with Gasteiger partial charge in [-0.2, -0.15) is 0 Å². The molecule has 0 aliphatic rings. The molecule has 0 aromatic heterocycles. The molecule has 0 atom stereocenters. The number of Topliss-reactive ketones (excluding diaryl/α,β-unsaturated/α-hetero) is 1. The summed E-state index contributed by atoms with van der Waals surface area (Å²) >= 11 is 0. The summed E-state index contributed by atoms with van der Waals surface area (Å²) in [6, 6.07) is 0. The highest BCUT2D eigenvalue weighted by Crippen LogP contribution is 2.12.